The number of benzene rings is 2. The molecule has 0 bridgehead atoms. The van der Waals surface area contributed by atoms with Crippen molar-refractivity contribution < 1.29 is 9.59 Å². The van der Waals surface area contributed by atoms with Gasteiger partial charge in [-0.25, -0.2) is 0 Å². The Kier molecular flexibility index (Phi) is 6.26. The molecule has 2 aromatic carbocycles. The van der Waals surface area contributed by atoms with Gasteiger partial charge in [0, 0.05) is 17.1 Å². The number of nitrogens with zero attached hydrogens (tertiary/aromatic N) is 2. The zero-order valence-electron chi connectivity index (χ0n) is 14.5. The molecule has 2 aromatic rings. The van der Waals surface area contributed by atoms with Gasteiger partial charge in [0.05, 0.1) is 6.21 Å². The Morgan fingerprint density at radius 3 is 2.81 bits per heavy atom. The Morgan fingerprint density at radius 1 is 1.30 bits per heavy atom. The van der Waals surface area contributed by atoms with E-state index in [0.29, 0.717) is 15.9 Å². The van der Waals surface area contributed by atoms with Crippen molar-refractivity contribution >= 4 is 52.2 Å². The quantitative estimate of drug-likeness (QED) is 0.594. The van der Waals surface area contributed by atoms with Gasteiger partial charge in [-0.2, -0.15) is 5.10 Å². The Labute approximate surface area is 166 Å². The normalized spacial score (nSPS) is 18.1. The number of hydrogen-bond acceptors (Lipinski definition) is 5. The lowest BCUT2D eigenvalue weighted by atomic mass is 10.2. The number of nitrogens with one attached hydrogen (secondary N) is 2. The van der Waals surface area contributed by atoms with E-state index in [0.717, 1.165) is 11.1 Å². The summed E-state index contributed by atoms with van der Waals surface area (Å²) in [6, 6.07) is 14.6. The molecule has 3 rings (SSSR count). The molecular weight excluding hydrogens is 384 g/mol. The summed E-state index contributed by atoms with van der Waals surface area (Å²) in [4.78, 5) is 24.2. The maximum absolute atomic E-state index is 12.2. The first kappa shape index (κ1) is 19.1. The third-order valence-electron chi connectivity index (χ3n) is 3.67. The lowest BCUT2D eigenvalue weighted by molar-refractivity contribution is -0.122. The molecule has 2 amide bonds. The molecule has 0 radical (unpaired) electrons. The van der Waals surface area contributed by atoms with Crippen molar-refractivity contribution in [1.82, 2.24) is 5.32 Å². The minimum atomic E-state index is -0.528. The van der Waals surface area contributed by atoms with Crippen LogP contribution in [0.1, 0.15) is 17.5 Å². The lowest BCUT2D eigenvalue weighted by Crippen LogP contribution is -2.28. The minimum Gasteiger partial charge on any atom is -0.326 e. The topological polar surface area (TPSA) is 82.9 Å². The number of hydrogen-bond donors (Lipinski definition) is 2. The van der Waals surface area contributed by atoms with Crippen LogP contribution in [0.4, 0.5) is 5.69 Å². The largest absolute Gasteiger partial charge is 0.326 e. The second-order valence-electron chi connectivity index (χ2n) is 5.92. The molecule has 1 aliphatic rings. The highest BCUT2D eigenvalue weighted by Gasteiger charge is 2.32. The number of thioether (sulfide) groups is 1. The summed E-state index contributed by atoms with van der Waals surface area (Å²) in [7, 11) is 0. The first-order valence-electron chi connectivity index (χ1n) is 8.20. The number of aryl methyl sites for hydroxylation is 1. The zero-order valence-corrected chi connectivity index (χ0v) is 16.1. The summed E-state index contributed by atoms with van der Waals surface area (Å²) in [5, 5.41) is 13.9. The van der Waals surface area contributed by atoms with E-state index in [1.807, 2.05) is 43.3 Å². The van der Waals surface area contributed by atoms with Crippen LogP contribution in [-0.2, 0) is 9.59 Å². The number of amidine groups is 1. The predicted molar refractivity (Wildman–Crippen MR) is 110 cm³/mol. The van der Waals surface area contributed by atoms with Gasteiger partial charge in [-0.3, -0.25) is 9.59 Å². The summed E-state index contributed by atoms with van der Waals surface area (Å²) in [6.07, 6.45) is 1.62. The first-order valence-corrected chi connectivity index (χ1v) is 9.46. The number of amides is 2. The Hall–Kier alpha value is -2.64. The molecule has 1 unspecified atom stereocenters. The van der Waals surface area contributed by atoms with Crippen LogP contribution in [0, 0.1) is 6.92 Å². The average molecular weight is 401 g/mol. The molecule has 6 nitrogen and oxygen atoms in total. The van der Waals surface area contributed by atoms with Gasteiger partial charge in [-0.1, -0.05) is 47.6 Å². The molecule has 1 atom stereocenters. The summed E-state index contributed by atoms with van der Waals surface area (Å²) >= 11 is 7.02. The molecule has 1 aliphatic heterocycles. The fraction of sp³-hybridized carbons (Fsp3) is 0.158. The fourth-order valence-electron chi connectivity index (χ4n) is 2.39. The van der Waals surface area contributed by atoms with Gasteiger partial charge in [0.1, 0.15) is 5.25 Å². The van der Waals surface area contributed by atoms with Gasteiger partial charge in [0.15, 0.2) is 5.17 Å². The van der Waals surface area contributed by atoms with Crippen LogP contribution in [0.2, 0.25) is 5.02 Å². The van der Waals surface area contributed by atoms with E-state index >= 15 is 0 Å². The molecule has 1 fully saturated rings. The van der Waals surface area contributed by atoms with Crippen LogP contribution in [-0.4, -0.2) is 28.4 Å². The number of halogens is 1. The van der Waals surface area contributed by atoms with Crippen molar-refractivity contribution in [3.05, 3.63) is 64.7 Å². The molecule has 0 spiro atoms. The van der Waals surface area contributed by atoms with Crippen molar-refractivity contribution in [2.24, 2.45) is 10.2 Å². The molecular formula is C19H17ClN4O2S. The molecule has 8 heteroatoms. The summed E-state index contributed by atoms with van der Waals surface area (Å²) in [6.45, 7) is 1.95. The van der Waals surface area contributed by atoms with Gasteiger partial charge < -0.3 is 10.6 Å². The van der Waals surface area contributed by atoms with Crippen molar-refractivity contribution in [3.8, 4) is 0 Å². The molecule has 0 saturated carbocycles. The van der Waals surface area contributed by atoms with Crippen molar-refractivity contribution in [2.45, 2.75) is 18.6 Å². The number of anilines is 1. The van der Waals surface area contributed by atoms with E-state index in [1.54, 1.807) is 18.3 Å². The van der Waals surface area contributed by atoms with Gasteiger partial charge in [-0.15, -0.1) is 5.10 Å². The molecule has 1 saturated heterocycles. The number of carbonyl (C=O) groups is 2. The monoisotopic (exact) mass is 400 g/mol. The van der Waals surface area contributed by atoms with Crippen molar-refractivity contribution in [1.29, 1.82) is 0 Å². The maximum Gasteiger partial charge on any atom is 0.240 e. The van der Waals surface area contributed by atoms with Gasteiger partial charge in [0.2, 0.25) is 11.8 Å². The van der Waals surface area contributed by atoms with Gasteiger partial charge in [-0.05, 0) is 42.3 Å². The van der Waals surface area contributed by atoms with Gasteiger partial charge in [0.25, 0.3) is 0 Å². The van der Waals surface area contributed by atoms with Crippen LogP contribution in [0.3, 0.4) is 0 Å². The van der Waals surface area contributed by atoms with E-state index in [-0.39, 0.29) is 18.2 Å². The fourth-order valence-corrected chi connectivity index (χ4v) is 3.44. The molecule has 2 N–H and O–H groups in total. The third kappa shape index (κ3) is 5.67. The Morgan fingerprint density at radius 2 is 2.07 bits per heavy atom. The smallest absolute Gasteiger partial charge is 0.240 e. The number of rotatable bonds is 5. The van der Waals surface area contributed by atoms with E-state index in [2.05, 4.69) is 20.8 Å². The second-order valence-corrected chi connectivity index (χ2v) is 7.55. The summed E-state index contributed by atoms with van der Waals surface area (Å²) in [5.74, 6) is -0.473. The zero-order chi connectivity index (χ0) is 19.2. The van der Waals surface area contributed by atoms with Crippen molar-refractivity contribution in [2.75, 3.05) is 5.32 Å². The minimum absolute atomic E-state index is 0.0599. The second kappa shape index (κ2) is 8.83. The number of carbonyl (C=O) groups excluding carboxylic acids is 2. The SMILES string of the molecule is Cc1cccc(NC(=O)CC2S/C(=N\N=C\c3ccc(Cl)cc3)NC2=O)c1. The molecule has 1 heterocycles. The maximum atomic E-state index is 12.2. The molecule has 27 heavy (non-hydrogen) atoms. The van der Waals surface area contributed by atoms with E-state index in [4.69, 9.17) is 11.6 Å². The summed E-state index contributed by atoms with van der Waals surface area (Å²) in [5.41, 5.74) is 2.60. The molecule has 0 aromatic heterocycles. The Bertz CT molecular complexity index is 912. The van der Waals surface area contributed by atoms with E-state index in [1.165, 1.54) is 11.8 Å². The Balaban J connectivity index is 1.55. The highest BCUT2D eigenvalue weighted by Crippen LogP contribution is 2.23. The van der Waals surface area contributed by atoms with Crippen LogP contribution in [0.5, 0.6) is 0 Å². The molecule has 0 aliphatic carbocycles. The third-order valence-corrected chi connectivity index (χ3v) is 5.00. The highest BCUT2D eigenvalue weighted by molar-refractivity contribution is 8.15. The highest BCUT2D eigenvalue weighted by atomic mass is 35.5. The van der Waals surface area contributed by atoms with Crippen LogP contribution >= 0.6 is 23.4 Å². The summed E-state index contributed by atoms with van der Waals surface area (Å²) < 4.78 is 0. The standard InChI is InChI=1S/C19H17ClN4O2S/c1-12-3-2-4-15(9-12)22-17(25)10-16-18(26)23-19(27-16)24-21-11-13-5-7-14(20)8-6-13/h2-9,11,16H,10H2,1H3,(H,22,25)(H,23,24,26)/b21-11+. The van der Waals surface area contributed by atoms with E-state index in [9.17, 15) is 9.59 Å². The predicted octanol–water partition coefficient (Wildman–Crippen LogP) is 3.60. The van der Waals surface area contributed by atoms with Crippen LogP contribution in [0.15, 0.2) is 58.7 Å². The average Bonchev–Trinajstić information content (AvgIpc) is 2.96. The van der Waals surface area contributed by atoms with Crippen LogP contribution < -0.4 is 10.6 Å². The molecule has 138 valence electrons. The van der Waals surface area contributed by atoms with Gasteiger partial charge >= 0.3 is 0 Å². The van der Waals surface area contributed by atoms with E-state index < -0.39 is 5.25 Å². The lowest BCUT2D eigenvalue weighted by Gasteiger charge is -2.07. The van der Waals surface area contributed by atoms with Crippen LogP contribution in [0.25, 0.3) is 0 Å². The van der Waals surface area contributed by atoms with Crippen molar-refractivity contribution in [3.63, 3.8) is 0 Å². The first-order chi connectivity index (χ1) is 13.0.